The normalized spacial score (nSPS) is 11.7. The third kappa shape index (κ3) is 17.7. The minimum Gasteiger partial charge on any atom is -0.541 e. The summed E-state index contributed by atoms with van der Waals surface area (Å²) in [6, 6.07) is 18.0. The summed E-state index contributed by atoms with van der Waals surface area (Å²) in [7, 11) is 0. The number of carboxylic acids is 1. The van der Waals surface area contributed by atoms with Crippen molar-refractivity contribution in [3.8, 4) is 11.1 Å². The van der Waals surface area contributed by atoms with Gasteiger partial charge in [-0.1, -0.05) is 102 Å². The van der Waals surface area contributed by atoms with Crippen LogP contribution in [0.3, 0.4) is 0 Å². The van der Waals surface area contributed by atoms with Crippen LogP contribution in [0.15, 0.2) is 54.6 Å². The Morgan fingerprint density at radius 3 is 1.97 bits per heavy atom. The number of piperidine rings is 1. The summed E-state index contributed by atoms with van der Waals surface area (Å²) in [6.45, 7) is 15.2. The quantitative estimate of drug-likeness (QED) is 0.325. The molecule has 0 atom stereocenters. The summed E-state index contributed by atoms with van der Waals surface area (Å²) in [5, 5.41) is 8.42. The Hall–Kier alpha value is -1.77. The molecule has 190 valence electrons. The maximum atomic E-state index is 10.4. The molecule has 0 aromatic heterocycles. The van der Waals surface area contributed by atoms with Crippen molar-refractivity contribution in [1.29, 1.82) is 0 Å². The molecular weight excluding hydrogens is 594 g/mol. The van der Waals surface area contributed by atoms with Gasteiger partial charge >= 0.3 is 27.0 Å². The molecule has 0 amide bonds. The van der Waals surface area contributed by atoms with E-state index < -0.39 is 5.97 Å². The number of nitrogens with zero attached hydrogens (tertiary/aromatic N) is 1. The van der Waals surface area contributed by atoms with Gasteiger partial charge in [-0.15, -0.1) is 6.42 Å². The molecule has 0 saturated carbocycles. The van der Waals surface area contributed by atoms with Crippen LogP contribution in [0.2, 0.25) is 0 Å². The average Bonchev–Trinajstić information content (AvgIpc) is 2.90. The van der Waals surface area contributed by atoms with Crippen molar-refractivity contribution in [3.63, 3.8) is 0 Å². The fourth-order valence-electron chi connectivity index (χ4n) is 3.13. The molecular formula is C29H45NO3W. The molecule has 3 rings (SSSR count). The molecule has 1 saturated heterocycles. The second kappa shape index (κ2) is 27.5. The molecule has 34 heavy (non-hydrogen) atoms. The number of likely N-dealkylation sites (tertiary alicyclic amines) is 1. The number of carbonyl (C=O) groups excluding carboxylic acids is 1. The first kappa shape index (κ1) is 36.8. The standard InChI is InChI=1S/C14H11O.C9H16NO2.3C2H6.W/c15-11-10-13-8-4-5-9-14(13)12-6-2-1-3-7-12;11-9(12)5-4-8-10-6-2-1-3-7-10;3*1-2;/h1-9H,10H2;1H,2-8H2,(H,11,12);3*1-2H3;/q2*-1;;;;+2. The van der Waals surface area contributed by atoms with E-state index in [2.05, 4.69) is 11.3 Å². The van der Waals surface area contributed by atoms with Crippen molar-refractivity contribution >= 4 is 12.3 Å². The van der Waals surface area contributed by atoms with Gasteiger partial charge in [0.1, 0.15) is 0 Å². The van der Waals surface area contributed by atoms with Gasteiger partial charge in [-0.2, -0.15) is 12.8 Å². The van der Waals surface area contributed by atoms with E-state index in [1.807, 2.05) is 102 Å². The van der Waals surface area contributed by atoms with E-state index in [-0.39, 0.29) is 21.1 Å². The third-order valence-corrected chi connectivity index (χ3v) is 4.53. The second-order valence-electron chi connectivity index (χ2n) is 6.55. The molecule has 0 aliphatic carbocycles. The number of hydrogen-bond acceptors (Lipinski definition) is 3. The molecule has 1 fully saturated rings. The van der Waals surface area contributed by atoms with Crippen LogP contribution in [0.5, 0.6) is 0 Å². The van der Waals surface area contributed by atoms with Crippen molar-refractivity contribution < 1.29 is 35.8 Å². The minimum absolute atomic E-state index is 0. The third-order valence-electron chi connectivity index (χ3n) is 4.53. The van der Waals surface area contributed by atoms with Gasteiger partial charge in [0.2, 0.25) is 0 Å². The van der Waals surface area contributed by atoms with Crippen LogP contribution < -0.4 is 0 Å². The van der Waals surface area contributed by atoms with Crippen LogP contribution in [0, 0.1) is 6.42 Å². The van der Waals surface area contributed by atoms with Crippen LogP contribution >= 0.6 is 0 Å². The maximum absolute atomic E-state index is 10.4. The zero-order chi connectivity index (χ0) is 25.3. The summed E-state index contributed by atoms with van der Waals surface area (Å²) in [4.78, 5) is 23.0. The van der Waals surface area contributed by atoms with E-state index in [9.17, 15) is 9.59 Å². The van der Waals surface area contributed by atoms with Gasteiger partial charge in [0.05, 0.1) is 0 Å². The zero-order valence-electron chi connectivity index (χ0n) is 22.0. The first-order valence-corrected chi connectivity index (χ1v) is 12.4. The Kier molecular flexibility index (Phi) is 29.7. The van der Waals surface area contributed by atoms with Crippen molar-refractivity contribution in [2.45, 2.75) is 73.6 Å². The van der Waals surface area contributed by atoms with Gasteiger partial charge in [-0.05, 0) is 37.2 Å². The maximum Gasteiger partial charge on any atom is 2.00 e. The predicted molar refractivity (Wildman–Crippen MR) is 142 cm³/mol. The van der Waals surface area contributed by atoms with Crippen LogP contribution in [-0.4, -0.2) is 41.9 Å². The Balaban J connectivity index is -0.000000459. The van der Waals surface area contributed by atoms with Gasteiger partial charge in [0.15, 0.2) is 0 Å². The van der Waals surface area contributed by atoms with E-state index in [1.165, 1.54) is 0 Å². The molecule has 0 radical (unpaired) electrons. The van der Waals surface area contributed by atoms with Gasteiger partial charge in [0, 0.05) is 6.42 Å². The SMILES string of the molecule is CC.CC.CC.O=C(O)CCCN1CC[CH-]CC1.O=[C-]Cc1ccccc1-c1ccccc1.[W+2]. The van der Waals surface area contributed by atoms with Crippen LogP contribution in [0.25, 0.3) is 11.1 Å². The summed E-state index contributed by atoms with van der Waals surface area (Å²) in [5.74, 6) is -0.682. The molecule has 0 spiro atoms. The number of aliphatic carboxylic acids is 1. The molecule has 0 bridgehead atoms. The second-order valence-corrected chi connectivity index (χ2v) is 6.55. The number of carbonyl (C=O) groups is 1. The van der Waals surface area contributed by atoms with Crippen LogP contribution in [-0.2, 0) is 37.1 Å². The number of rotatable bonds is 7. The van der Waals surface area contributed by atoms with E-state index in [4.69, 9.17) is 5.11 Å². The largest absolute Gasteiger partial charge is 2.00 e. The monoisotopic (exact) mass is 639 g/mol. The van der Waals surface area contributed by atoms with Gasteiger partial charge in [-0.25, -0.2) is 0 Å². The van der Waals surface area contributed by atoms with Crippen LogP contribution in [0.1, 0.15) is 72.8 Å². The Morgan fingerprint density at radius 2 is 1.44 bits per heavy atom. The summed E-state index contributed by atoms with van der Waals surface area (Å²) in [6.07, 6.45) is 8.01. The fraction of sp³-hybridized carbons (Fsp3) is 0.483. The van der Waals surface area contributed by atoms with E-state index >= 15 is 0 Å². The first-order chi connectivity index (χ1) is 16.2. The summed E-state index contributed by atoms with van der Waals surface area (Å²) in [5.41, 5.74) is 3.28. The van der Waals surface area contributed by atoms with E-state index in [0.717, 1.165) is 55.6 Å². The Bertz CT molecular complexity index is 702. The molecule has 0 unspecified atom stereocenters. The molecule has 1 heterocycles. The Labute approximate surface area is 223 Å². The molecule has 4 nitrogen and oxygen atoms in total. The summed E-state index contributed by atoms with van der Waals surface area (Å²) < 4.78 is 0. The molecule has 2 aromatic carbocycles. The van der Waals surface area contributed by atoms with Crippen LogP contribution in [0.4, 0.5) is 0 Å². The average molecular weight is 640 g/mol. The fourth-order valence-corrected chi connectivity index (χ4v) is 3.13. The van der Waals surface area contributed by atoms with Gasteiger partial charge in [-0.3, -0.25) is 11.1 Å². The topological polar surface area (TPSA) is 57.6 Å². The smallest absolute Gasteiger partial charge is 0.541 e. The van der Waals surface area contributed by atoms with Gasteiger partial charge < -0.3 is 21.2 Å². The predicted octanol–water partition coefficient (Wildman–Crippen LogP) is 7.23. The first-order valence-electron chi connectivity index (χ1n) is 12.4. The number of carboxylic acid groups (broad SMARTS) is 1. The molecule has 2 aromatic rings. The zero-order valence-corrected chi connectivity index (χ0v) is 25.0. The van der Waals surface area contributed by atoms with Gasteiger partial charge in [0.25, 0.3) is 0 Å². The molecule has 5 heteroatoms. The van der Waals surface area contributed by atoms with Crippen molar-refractivity contribution in [2.24, 2.45) is 0 Å². The van der Waals surface area contributed by atoms with E-state index in [1.54, 1.807) is 0 Å². The number of benzene rings is 2. The summed E-state index contributed by atoms with van der Waals surface area (Å²) >= 11 is 0. The molecule has 1 aliphatic rings. The van der Waals surface area contributed by atoms with E-state index in [0.29, 0.717) is 12.8 Å². The van der Waals surface area contributed by atoms with Crippen molar-refractivity contribution in [2.75, 3.05) is 19.6 Å². The molecule has 1 N–H and O–H groups in total. The minimum atomic E-state index is -0.682. The molecule has 1 aliphatic heterocycles. The van der Waals surface area contributed by atoms with Crippen molar-refractivity contribution in [1.82, 2.24) is 4.90 Å². The van der Waals surface area contributed by atoms with Crippen molar-refractivity contribution in [3.05, 3.63) is 66.6 Å². The Morgan fingerprint density at radius 1 is 0.912 bits per heavy atom. The number of hydrogen-bond donors (Lipinski definition) is 1.